The van der Waals surface area contributed by atoms with Crippen LogP contribution in [0.5, 0.6) is 5.75 Å². The van der Waals surface area contributed by atoms with Crippen LogP contribution in [-0.2, 0) is 11.2 Å². The summed E-state index contributed by atoms with van der Waals surface area (Å²) in [4.78, 5) is 10.6. The monoisotopic (exact) mass is 179 g/mol. The van der Waals surface area contributed by atoms with Gasteiger partial charge in [-0.25, -0.2) is 0 Å². The van der Waals surface area contributed by atoms with E-state index in [1.54, 1.807) is 12.1 Å². The second-order valence-corrected chi connectivity index (χ2v) is 2.81. The fourth-order valence-electron chi connectivity index (χ4n) is 1.12. The standard InChI is InChI=1S/C10H13NO2/c1-3-8-4-5-9(6-10(8)11)13-7(2)12/h4-6H,3,11H2,1-2H3. The summed E-state index contributed by atoms with van der Waals surface area (Å²) in [5, 5.41) is 0. The van der Waals surface area contributed by atoms with Gasteiger partial charge in [-0.1, -0.05) is 13.0 Å². The molecule has 2 N–H and O–H groups in total. The third kappa shape index (κ3) is 2.47. The molecule has 0 atom stereocenters. The summed E-state index contributed by atoms with van der Waals surface area (Å²) in [6, 6.07) is 5.28. The van der Waals surface area contributed by atoms with Crippen LogP contribution in [0.3, 0.4) is 0 Å². The van der Waals surface area contributed by atoms with E-state index in [9.17, 15) is 4.79 Å². The molecule has 0 fully saturated rings. The van der Waals surface area contributed by atoms with Gasteiger partial charge in [-0.3, -0.25) is 4.79 Å². The van der Waals surface area contributed by atoms with Crippen LogP contribution in [0.25, 0.3) is 0 Å². The molecule has 0 saturated heterocycles. The molecule has 1 aromatic rings. The lowest BCUT2D eigenvalue weighted by Gasteiger charge is -2.05. The zero-order chi connectivity index (χ0) is 9.84. The summed E-state index contributed by atoms with van der Waals surface area (Å²) in [6.45, 7) is 3.39. The van der Waals surface area contributed by atoms with Crippen LogP contribution in [0.2, 0.25) is 0 Å². The van der Waals surface area contributed by atoms with E-state index < -0.39 is 0 Å². The van der Waals surface area contributed by atoms with Crippen molar-refractivity contribution in [1.82, 2.24) is 0 Å². The summed E-state index contributed by atoms with van der Waals surface area (Å²) in [7, 11) is 0. The molecule has 70 valence electrons. The minimum atomic E-state index is -0.330. The van der Waals surface area contributed by atoms with Crippen LogP contribution in [0.4, 0.5) is 5.69 Å². The van der Waals surface area contributed by atoms with Gasteiger partial charge in [0.15, 0.2) is 0 Å². The molecule has 3 nitrogen and oxygen atoms in total. The van der Waals surface area contributed by atoms with Gasteiger partial charge in [0.25, 0.3) is 0 Å². The Hall–Kier alpha value is -1.51. The molecule has 0 aliphatic rings. The Morgan fingerprint density at radius 2 is 2.23 bits per heavy atom. The third-order valence-electron chi connectivity index (χ3n) is 1.76. The number of esters is 1. The highest BCUT2D eigenvalue weighted by Gasteiger charge is 2.01. The molecule has 0 heterocycles. The number of nitrogen functional groups attached to an aromatic ring is 1. The van der Waals surface area contributed by atoms with Gasteiger partial charge < -0.3 is 10.5 Å². The highest BCUT2D eigenvalue weighted by Crippen LogP contribution is 2.20. The molecule has 0 unspecified atom stereocenters. The zero-order valence-corrected chi connectivity index (χ0v) is 7.83. The van der Waals surface area contributed by atoms with Crippen molar-refractivity contribution in [3.8, 4) is 5.75 Å². The number of rotatable bonds is 2. The number of hydrogen-bond acceptors (Lipinski definition) is 3. The maximum Gasteiger partial charge on any atom is 0.308 e. The molecule has 0 saturated carbocycles. The average Bonchev–Trinajstić information content (AvgIpc) is 2.03. The van der Waals surface area contributed by atoms with Gasteiger partial charge in [0.1, 0.15) is 5.75 Å². The van der Waals surface area contributed by atoms with E-state index in [0.29, 0.717) is 11.4 Å². The number of ether oxygens (including phenoxy) is 1. The van der Waals surface area contributed by atoms with E-state index in [0.717, 1.165) is 12.0 Å². The molecule has 0 spiro atoms. The topological polar surface area (TPSA) is 52.3 Å². The lowest BCUT2D eigenvalue weighted by molar-refractivity contribution is -0.131. The second-order valence-electron chi connectivity index (χ2n) is 2.81. The SMILES string of the molecule is CCc1ccc(OC(C)=O)cc1N. The van der Waals surface area contributed by atoms with E-state index in [4.69, 9.17) is 10.5 Å². The summed E-state index contributed by atoms with van der Waals surface area (Å²) >= 11 is 0. The van der Waals surface area contributed by atoms with Crippen molar-refractivity contribution in [3.05, 3.63) is 23.8 Å². The van der Waals surface area contributed by atoms with E-state index in [2.05, 4.69) is 0 Å². The summed E-state index contributed by atoms with van der Waals surface area (Å²) in [5.41, 5.74) is 7.45. The van der Waals surface area contributed by atoms with Crippen molar-refractivity contribution in [3.63, 3.8) is 0 Å². The number of anilines is 1. The van der Waals surface area contributed by atoms with E-state index >= 15 is 0 Å². The Labute approximate surface area is 77.5 Å². The molecule has 0 bridgehead atoms. The van der Waals surface area contributed by atoms with Gasteiger partial charge in [-0.2, -0.15) is 0 Å². The summed E-state index contributed by atoms with van der Waals surface area (Å²) in [5.74, 6) is 0.172. The molecule has 0 aromatic heterocycles. The third-order valence-corrected chi connectivity index (χ3v) is 1.76. The fraction of sp³-hybridized carbons (Fsp3) is 0.300. The van der Waals surface area contributed by atoms with Crippen LogP contribution >= 0.6 is 0 Å². The number of nitrogens with two attached hydrogens (primary N) is 1. The van der Waals surface area contributed by atoms with Crippen LogP contribution in [0.15, 0.2) is 18.2 Å². The normalized spacial score (nSPS) is 9.69. The van der Waals surface area contributed by atoms with Crippen LogP contribution < -0.4 is 10.5 Å². The lowest BCUT2D eigenvalue weighted by Crippen LogP contribution is -2.02. The minimum Gasteiger partial charge on any atom is -0.427 e. The van der Waals surface area contributed by atoms with Gasteiger partial charge in [-0.15, -0.1) is 0 Å². The molecule has 0 aliphatic heterocycles. The van der Waals surface area contributed by atoms with Crippen LogP contribution in [-0.4, -0.2) is 5.97 Å². The fourth-order valence-corrected chi connectivity index (χ4v) is 1.12. The Bertz CT molecular complexity index is 321. The van der Waals surface area contributed by atoms with Gasteiger partial charge in [-0.05, 0) is 18.1 Å². The molecular weight excluding hydrogens is 166 g/mol. The largest absolute Gasteiger partial charge is 0.427 e. The number of benzene rings is 1. The Kier molecular flexibility index (Phi) is 2.90. The quantitative estimate of drug-likeness (QED) is 0.427. The average molecular weight is 179 g/mol. The first kappa shape index (κ1) is 9.58. The van der Waals surface area contributed by atoms with Crippen molar-refractivity contribution < 1.29 is 9.53 Å². The molecule has 1 rings (SSSR count). The predicted molar refractivity (Wildman–Crippen MR) is 51.5 cm³/mol. The number of aryl methyl sites for hydroxylation is 1. The van der Waals surface area contributed by atoms with Crippen molar-refractivity contribution in [2.75, 3.05) is 5.73 Å². The molecule has 0 radical (unpaired) electrons. The van der Waals surface area contributed by atoms with Gasteiger partial charge in [0, 0.05) is 18.7 Å². The second kappa shape index (κ2) is 3.94. The molecular formula is C10H13NO2. The number of carbonyl (C=O) groups excluding carboxylic acids is 1. The first-order valence-electron chi connectivity index (χ1n) is 4.20. The first-order chi connectivity index (χ1) is 6.13. The van der Waals surface area contributed by atoms with Gasteiger partial charge in [0.05, 0.1) is 0 Å². The van der Waals surface area contributed by atoms with Crippen LogP contribution in [0, 0.1) is 0 Å². The molecule has 0 aliphatic carbocycles. The van der Waals surface area contributed by atoms with E-state index in [1.165, 1.54) is 6.92 Å². The van der Waals surface area contributed by atoms with Crippen molar-refractivity contribution in [1.29, 1.82) is 0 Å². The van der Waals surface area contributed by atoms with E-state index in [1.807, 2.05) is 13.0 Å². The smallest absolute Gasteiger partial charge is 0.308 e. The molecule has 3 heteroatoms. The van der Waals surface area contributed by atoms with Crippen molar-refractivity contribution in [2.45, 2.75) is 20.3 Å². The Morgan fingerprint density at radius 1 is 1.54 bits per heavy atom. The zero-order valence-electron chi connectivity index (χ0n) is 7.83. The number of hydrogen-bond donors (Lipinski definition) is 1. The maximum atomic E-state index is 10.6. The summed E-state index contributed by atoms with van der Waals surface area (Å²) in [6.07, 6.45) is 0.881. The number of carbonyl (C=O) groups is 1. The molecule has 0 amide bonds. The highest BCUT2D eigenvalue weighted by atomic mass is 16.5. The van der Waals surface area contributed by atoms with Crippen molar-refractivity contribution in [2.24, 2.45) is 0 Å². The molecule has 1 aromatic carbocycles. The molecule has 13 heavy (non-hydrogen) atoms. The predicted octanol–water partition coefficient (Wildman–Crippen LogP) is 1.76. The summed E-state index contributed by atoms with van der Waals surface area (Å²) < 4.78 is 4.88. The van der Waals surface area contributed by atoms with Crippen LogP contribution in [0.1, 0.15) is 19.4 Å². The highest BCUT2D eigenvalue weighted by molar-refractivity contribution is 5.70. The Balaban J connectivity index is 2.89. The Morgan fingerprint density at radius 3 is 2.69 bits per heavy atom. The lowest BCUT2D eigenvalue weighted by atomic mass is 10.1. The van der Waals surface area contributed by atoms with Gasteiger partial charge >= 0.3 is 5.97 Å². The first-order valence-corrected chi connectivity index (χ1v) is 4.20. The van der Waals surface area contributed by atoms with Crippen molar-refractivity contribution >= 4 is 11.7 Å². The van der Waals surface area contributed by atoms with E-state index in [-0.39, 0.29) is 5.97 Å². The maximum absolute atomic E-state index is 10.6. The van der Waals surface area contributed by atoms with Gasteiger partial charge in [0.2, 0.25) is 0 Å². The minimum absolute atomic E-state index is 0.330.